The Labute approximate surface area is 231 Å². The van der Waals surface area contributed by atoms with E-state index in [0.717, 1.165) is 92.0 Å². The molecule has 1 fully saturated rings. The minimum absolute atomic E-state index is 0.224. The normalized spacial score (nSPS) is 14.5. The molecule has 2 N–H and O–H groups in total. The van der Waals surface area contributed by atoms with Crippen LogP contribution in [-0.2, 0) is 11.8 Å². The Hall–Kier alpha value is -4.69. The number of aromatic nitrogens is 4. The molecule has 7 rings (SSSR count). The van der Waals surface area contributed by atoms with Crippen LogP contribution in [0.1, 0.15) is 5.56 Å². The summed E-state index contributed by atoms with van der Waals surface area (Å²) in [4.78, 5) is 25.9. The Morgan fingerprint density at radius 2 is 1.75 bits per heavy atom. The van der Waals surface area contributed by atoms with Crippen molar-refractivity contribution in [1.82, 2.24) is 24.6 Å². The highest BCUT2D eigenvalue weighted by Crippen LogP contribution is 2.44. The zero-order valence-electron chi connectivity index (χ0n) is 23.0. The molecule has 8 nitrogen and oxygen atoms in total. The summed E-state index contributed by atoms with van der Waals surface area (Å²) in [6.07, 6.45) is 7.07. The van der Waals surface area contributed by atoms with Crippen LogP contribution in [0.4, 0.5) is 11.4 Å². The first-order valence-corrected chi connectivity index (χ1v) is 13.6. The Morgan fingerprint density at radius 1 is 0.950 bits per heavy atom. The maximum absolute atomic E-state index is 12.6. The number of carbonyl (C=O) groups is 1. The standard InChI is InChI=1S/C32H31N7O/c1-5-27(40)35-30-19(2)6-8-24-28(30)25-15-22(39-12-10-37(3)11-13-39)7-9-23(25)31-29(24)26-14-20(16-33-32(26)36-31)21-17-34-38(4)18-21/h5-9,14-18H,1,10-13H2,2-4H3,(H,33,36)(H,35,40). The molecule has 0 aliphatic carbocycles. The third-order valence-electron chi connectivity index (χ3n) is 8.22. The Bertz CT molecular complexity index is 1970. The Kier molecular flexibility index (Phi) is 5.61. The van der Waals surface area contributed by atoms with Crippen molar-refractivity contribution in [3.05, 3.63) is 73.2 Å². The van der Waals surface area contributed by atoms with Crippen molar-refractivity contribution in [3.63, 3.8) is 0 Å². The van der Waals surface area contributed by atoms with E-state index in [9.17, 15) is 4.79 Å². The van der Waals surface area contributed by atoms with Gasteiger partial charge in [0.2, 0.25) is 5.91 Å². The van der Waals surface area contributed by atoms with Gasteiger partial charge >= 0.3 is 0 Å². The lowest BCUT2D eigenvalue weighted by Gasteiger charge is -2.34. The van der Waals surface area contributed by atoms with Gasteiger partial charge in [0, 0.05) is 84.0 Å². The van der Waals surface area contributed by atoms with E-state index < -0.39 is 0 Å². The van der Waals surface area contributed by atoms with Crippen molar-refractivity contribution in [2.45, 2.75) is 6.92 Å². The summed E-state index contributed by atoms with van der Waals surface area (Å²) >= 11 is 0. The lowest BCUT2D eigenvalue weighted by Crippen LogP contribution is -2.44. The third-order valence-corrected chi connectivity index (χ3v) is 8.22. The number of rotatable bonds is 4. The molecule has 0 bridgehead atoms. The number of anilines is 2. The van der Waals surface area contributed by atoms with E-state index in [1.165, 1.54) is 11.8 Å². The summed E-state index contributed by atoms with van der Waals surface area (Å²) in [7, 11) is 4.08. The molecule has 0 spiro atoms. The number of benzene rings is 3. The molecule has 4 heterocycles. The average Bonchev–Trinajstić information content (AvgIpc) is 3.57. The minimum Gasteiger partial charge on any atom is -0.369 e. The first-order valence-electron chi connectivity index (χ1n) is 13.6. The molecule has 0 unspecified atom stereocenters. The van der Waals surface area contributed by atoms with Crippen LogP contribution >= 0.6 is 0 Å². The number of nitrogens with one attached hydrogen (secondary N) is 2. The highest BCUT2D eigenvalue weighted by atomic mass is 16.1. The molecule has 3 aromatic heterocycles. The van der Waals surface area contributed by atoms with E-state index in [2.05, 4.69) is 75.2 Å². The fourth-order valence-corrected chi connectivity index (χ4v) is 6.03. The van der Waals surface area contributed by atoms with Crippen LogP contribution in [0, 0.1) is 6.92 Å². The molecular weight excluding hydrogens is 498 g/mol. The number of fused-ring (bicyclic) bond motifs is 8. The van der Waals surface area contributed by atoms with Gasteiger partial charge in [0.25, 0.3) is 0 Å². The minimum atomic E-state index is -0.224. The largest absolute Gasteiger partial charge is 0.369 e. The molecule has 0 saturated carbocycles. The van der Waals surface area contributed by atoms with Crippen LogP contribution in [0.5, 0.6) is 0 Å². The van der Waals surface area contributed by atoms with Gasteiger partial charge in [-0.15, -0.1) is 0 Å². The van der Waals surface area contributed by atoms with Gasteiger partial charge in [0.1, 0.15) is 5.65 Å². The summed E-state index contributed by atoms with van der Waals surface area (Å²) in [5, 5.41) is 13.9. The van der Waals surface area contributed by atoms with Crippen LogP contribution in [0.3, 0.4) is 0 Å². The molecule has 3 aromatic carbocycles. The van der Waals surface area contributed by atoms with Crippen LogP contribution in [0.2, 0.25) is 0 Å². The molecule has 40 heavy (non-hydrogen) atoms. The van der Waals surface area contributed by atoms with Crippen LogP contribution < -0.4 is 10.2 Å². The highest BCUT2D eigenvalue weighted by molar-refractivity contribution is 6.34. The molecule has 0 radical (unpaired) electrons. The molecule has 1 amide bonds. The van der Waals surface area contributed by atoms with Gasteiger partial charge in [-0.3, -0.25) is 9.48 Å². The van der Waals surface area contributed by atoms with Crippen molar-refractivity contribution in [2.24, 2.45) is 7.05 Å². The first kappa shape index (κ1) is 24.4. The second-order valence-corrected chi connectivity index (χ2v) is 10.8. The van der Waals surface area contributed by atoms with Crippen LogP contribution in [0.15, 0.2) is 67.6 Å². The van der Waals surface area contributed by atoms with E-state index in [0.29, 0.717) is 0 Å². The van der Waals surface area contributed by atoms with E-state index in [-0.39, 0.29) is 5.91 Å². The maximum Gasteiger partial charge on any atom is 0.247 e. The third kappa shape index (κ3) is 3.83. The maximum atomic E-state index is 12.6. The van der Waals surface area contributed by atoms with Crippen molar-refractivity contribution in [2.75, 3.05) is 43.4 Å². The number of amides is 1. The zero-order chi connectivity index (χ0) is 27.5. The van der Waals surface area contributed by atoms with Gasteiger partial charge in [-0.05, 0) is 54.6 Å². The predicted molar refractivity (Wildman–Crippen MR) is 164 cm³/mol. The van der Waals surface area contributed by atoms with E-state index in [1.807, 2.05) is 32.6 Å². The second kappa shape index (κ2) is 9.20. The van der Waals surface area contributed by atoms with Crippen molar-refractivity contribution < 1.29 is 4.79 Å². The number of nitrogens with zero attached hydrogens (tertiary/aromatic N) is 5. The van der Waals surface area contributed by atoms with Crippen molar-refractivity contribution in [3.8, 4) is 11.1 Å². The van der Waals surface area contributed by atoms with Gasteiger partial charge in [0.15, 0.2) is 0 Å². The number of piperazine rings is 1. The molecule has 1 aliphatic rings. The molecule has 8 heteroatoms. The number of likely N-dealkylation sites (N-methyl/N-ethyl adjacent to an activating group) is 1. The van der Waals surface area contributed by atoms with Crippen molar-refractivity contribution >= 4 is 60.8 Å². The van der Waals surface area contributed by atoms with Gasteiger partial charge in [0.05, 0.1) is 17.4 Å². The number of aryl methyl sites for hydroxylation is 2. The summed E-state index contributed by atoms with van der Waals surface area (Å²) in [5.74, 6) is -0.224. The molecule has 200 valence electrons. The molecule has 0 atom stereocenters. The smallest absolute Gasteiger partial charge is 0.247 e. The van der Waals surface area contributed by atoms with Gasteiger partial charge in [-0.1, -0.05) is 24.8 Å². The average molecular weight is 530 g/mol. The summed E-state index contributed by atoms with van der Waals surface area (Å²) < 4.78 is 1.80. The molecule has 1 saturated heterocycles. The number of hydrogen-bond acceptors (Lipinski definition) is 5. The Morgan fingerprint density at radius 3 is 2.50 bits per heavy atom. The van der Waals surface area contributed by atoms with Gasteiger partial charge < -0.3 is 20.1 Å². The fourth-order valence-electron chi connectivity index (χ4n) is 6.03. The number of H-pyrrole nitrogens is 1. The first-order chi connectivity index (χ1) is 19.4. The predicted octanol–water partition coefficient (Wildman–Crippen LogP) is 5.61. The number of hydrogen-bond donors (Lipinski definition) is 2. The molecule has 1 aliphatic heterocycles. The van der Waals surface area contributed by atoms with Gasteiger partial charge in [-0.25, -0.2) is 4.98 Å². The van der Waals surface area contributed by atoms with E-state index in [4.69, 9.17) is 4.98 Å². The Balaban J connectivity index is 1.57. The van der Waals surface area contributed by atoms with Crippen molar-refractivity contribution in [1.29, 1.82) is 0 Å². The van der Waals surface area contributed by atoms with E-state index >= 15 is 0 Å². The number of pyridine rings is 1. The lowest BCUT2D eigenvalue weighted by molar-refractivity contribution is -0.111. The monoisotopic (exact) mass is 529 g/mol. The van der Waals surface area contributed by atoms with Crippen LogP contribution in [-0.4, -0.2) is 63.8 Å². The van der Waals surface area contributed by atoms with Crippen LogP contribution in [0.25, 0.3) is 54.6 Å². The highest BCUT2D eigenvalue weighted by Gasteiger charge is 2.21. The number of carbonyl (C=O) groups excluding carboxylic acids is 1. The van der Waals surface area contributed by atoms with E-state index in [1.54, 1.807) is 4.68 Å². The topological polar surface area (TPSA) is 82.1 Å². The quantitative estimate of drug-likeness (QED) is 0.229. The molecule has 6 aromatic rings. The zero-order valence-corrected chi connectivity index (χ0v) is 23.0. The SMILES string of the molecule is C=CC(=O)Nc1c(C)ccc2c1c1cc(N3CCN(C)CC3)ccc1c1[nH]c3ncc(-c4cnn(C)c4)cc3c21. The van der Waals surface area contributed by atoms with Gasteiger partial charge in [-0.2, -0.15) is 5.10 Å². The summed E-state index contributed by atoms with van der Waals surface area (Å²) in [5.41, 5.74) is 6.91. The lowest BCUT2D eigenvalue weighted by atomic mass is 9.93. The number of aromatic amines is 1. The summed E-state index contributed by atoms with van der Waals surface area (Å²) in [6.45, 7) is 9.75. The summed E-state index contributed by atoms with van der Waals surface area (Å²) in [6, 6.07) is 13.1. The second-order valence-electron chi connectivity index (χ2n) is 10.8. The molecular formula is C32H31N7O. The fraction of sp³-hybridized carbons (Fsp3) is 0.219.